The molecule has 1 aromatic rings. The molecule has 0 radical (unpaired) electrons. The normalized spacial score (nSPS) is 27.2. The summed E-state index contributed by atoms with van der Waals surface area (Å²) in [5, 5.41) is 7.71. The van der Waals surface area contributed by atoms with Crippen LogP contribution in [-0.2, 0) is 26.0 Å². The number of nitrogens with two attached hydrogens (primary N) is 1. The lowest BCUT2D eigenvalue weighted by Gasteiger charge is -2.37. The first kappa shape index (κ1) is 25.8. The predicted octanol–water partition coefficient (Wildman–Crippen LogP) is 2.46. The summed E-state index contributed by atoms with van der Waals surface area (Å²) in [4.78, 5) is 28.2. The smallest absolute Gasteiger partial charge is 0.241 e. The van der Waals surface area contributed by atoms with Gasteiger partial charge in [0.1, 0.15) is 17.7 Å². The highest BCUT2D eigenvalue weighted by Crippen LogP contribution is 2.64. The van der Waals surface area contributed by atoms with Crippen LogP contribution in [0.25, 0.3) is 0 Å². The highest BCUT2D eigenvalue weighted by Gasteiger charge is 2.65. The van der Waals surface area contributed by atoms with Gasteiger partial charge in [0.2, 0.25) is 15.9 Å². The van der Waals surface area contributed by atoms with Gasteiger partial charge in [-0.05, 0) is 61.0 Å². The maximum atomic E-state index is 13.6. The van der Waals surface area contributed by atoms with Crippen molar-refractivity contribution in [3.05, 3.63) is 35.4 Å². The minimum Gasteiger partial charge on any atom is -0.384 e. The number of nitrogen functional groups attached to an aromatic ring is 1. The van der Waals surface area contributed by atoms with E-state index in [0.29, 0.717) is 37.4 Å². The molecule has 9 heteroatoms. The molecular formula is C26H38N4O4S. The fourth-order valence-corrected chi connectivity index (χ4v) is 8.45. The van der Waals surface area contributed by atoms with Gasteiger partial charge in [-0.1, -0.05) is 39.0 Å². The van der Waals surface area contributed by atoms with Crippen LogP contribution in [0, 0.1) is 28.1 Å². The van der Waals surface area contributed by atoms with Gasteiger partial charge >= 0.3 is 0 Å². The molecule has 2 bridgehead atoms. The van der Waals surface area contributed by atoms with Crippen LogP contribution in [0.3, 0.4) is 0 Å². The minimum atomic E-state index is -3.94. The van der Waals surface area contributed by atoms with Gasteiger partial charge in [-0.25, -0.2) is 13.1 Å². The van der Waals surface area contributed by atoms with Crippen LogP contribution < -0.4 is 10.5 Å². The zero-order valence-corrected chi connectivity index (χ0v) is 21.8. The van der Waals surface area contributed by atoms with E-state index in [2.05, 4.69) is 11.6 Å². The molecule has 0 aromatic heterocycles. The van der Waals surface area contributed by atoms with Crippen LogP contribution >= 0.6 is 0 Å². The molecule has 3 fully saturated rings. The molecule has 1 heterocycles. The third-order valence-corrected chi connectivity index (χ3v) is 10.5. The van der Waals surface area contributed by atoms with Crippen molar-refractivity contribution < 1.29 is 18.0 Å². The summed E-state index contributed by atoms with van der Waals surface area (Å²) in [5.41, 5.74) is 5.61. The Labute approximate surface area is 208 Å². The number of hydrogen-bond acceptors (Lipinski definition) is 5. The van der Waals surface area contributed by atoms with Crippen LogP contribution in [0.4, 0.5) is 0 Å². The molecule has 2 aliphatic carbocycles. The topological polar surface area (TPSA) is 133 Å². The number of hydrogen-bond donors (Lipinski definition) is 3. The number of carbonyl (C=O) groups excluding carboxylic acids is 2. The van der Waals surface area contributed by atoms with Crippen molar-refractivity contribution in [2.75, 3.05) is 18.8 Å². The second kappa shape index (κ2) is 9.32. The number of piperidine rings is 1. The van der Waals surface area contributed by atoms with Gasteiger partial charge in [-0.15, -0.1) is 0 Å². The Morgan fingerprint density at radius 3 is 2.51 bits per heavy atom. The fourth-order valence-electron chi connectivity index (χ4n) is 6.42. The number of carbonyl (C=O) groups is 2. The van der Waals surface area contributed by atoms with E-state index in [1.165, 1.54) is 0 Å². The molecule has 8 nitrogen and oxygen atoms in total. The Morgan fingerprint density at radius 1 is 1.26 bits per heavy atom. The van der Waals surface area contributed by atoms with E-state index >= 15 is 0 Å². The second-order valence-electron chi connectivity index (χ2n) is 11.4. The number of nitrogens with zero attached hydrogens (tertiary/aromatic N) is 1. The molecular weight excluding hydrogens is 464 g/mol. The number of rotatable bonds is 8. The highest BCUT2D eigenvalue weighted by molar-refractivity contribution is 7.89. The van der Waals surface area contributed by atoms with Gasteiger partial charge in [0.15, 0.2) is 0 Å². The van der Waals surface area contributed by atoms with Gasteiger partial charge in [0, 0.05) is 30.5 Å². The average Bonchev–Trinajstić information content (AvgIpc) is 3.13. The van der Waals surface area contributed by atoms with Crippen LogP contribution in [0.15, 0.2) is 24.3 Å². The molecule has 1 saturated heterocycles. The van der Waals surface area contributed by atoms with Gasteiger partial charge in [-0.2, -0.15) is 0 Å². The summed E-state index contributed by atoms with van der Waals surface area (Å²) < 4.78 is 29.8. The van der Waals surface area contributed by atoms with Crippen LogP contribution in [-0.4, -0.2) is 55.7 Å². The summed E-state index contributed by atoms with van der Waals surface area (Å²) in [6, 6.07) is 6.01. The van der Waals surface area contributed by atoms with E-state index in [-0.39, 0.29) is 41.0 Å². The number of nitrogens with one attached hydrogen (secondary N) is 2. The van der Waals surface area contributed by atoms with Crippen molar-refractivity contribution in [1.82, 2.24) is 9.62 Å². The number of likely N-dealkylation sites (tertiary alicyclic amines) is 1. The molecule has 3 aliphatic rings. The first-order chi connectivity index (χ1) is 16.3. The zero-order valence-electron chi connectivity index (χ0n) is 21.0. The van der Waals surface area contributed by atoms with Crippen molar-refractivity contribution in [1.29, 1.82) is 5.41 Å². The van der Waals surface area contributed by atoms with E-state index in [1.807, 2.05) is 19.9 Å². The number of sulfonamides is 1. The van der Waals surface area contributed by atoms with E-state index in [0.717, 1.165) is 24.8 Å². The molecule has 3 atom stereocenters. The lowest BCUT2D eigenvalue weighted by molar-refractivity contribution is -0.134. The first-order valence-electron chi connectivity index (χ1n) is 12.6. The number of amides is 1. The predicted molar refractivity (Wildman–Crippen MR) is 135 cm³/mol. The van der Waals surface area contributed by atoms with Crippen molar-refractivity contribution >= 4 is 27.5 Å². The molecule has 4 rings (SSSR count). The Hall–Kier alpha value is -2.26. The summed E-state index contributed by atoms with van der Waals surface area (Å²) in [7, 11) is -3.94. The first-order valence-corrected chi connectivity index (χ1v) is 14.3. The Bertz CT molecular complexity index is 1120. The number of benzene rings is 1. The van der Waals surface area contributed by atoms with Gasteiger partial charge in [0.25, 0.3) is 0 Å². The molecule has 1 aromatic carbocycles. The number of Topliss-reactive ketones (excluding diaryl/α,β-unsaturated/α-hetero) is 1. The summed E-state index contributed by atoms with van der Waals surface area (Å²) in [6.07, 6.45) is 3.80. The van der Waals surface area contributed by atoms with E-state index < -0.39 is 21.5 Å². The number of fused-ring (bicyclic) bond motifs is 2. The third-order valence-electron chi connectivity index (χ3n) is 8.97. The fraction of sp³-hybridized carbons (Fsp3) is 0.654. The van der Waals surface area contributed by atoms with Gasteiger partial charge < -0.3 is 10.6 Å². The molecule has 0 unspecified atom stereocenters. The molecule has 192 valence electrons. The number of ketones is 1. The van der Waals surface area contributed by atoms with Crippen molar-refractivity contribution in [3.8, 4) is 0 Å². The van der Waals surface area contributed by atoms with E-state index in [4.69, 9.17) is 11.1 Å². The largest absolute Gasteiger partial charge is 0.384 e. The molecule has 2 saturated carbocycles. The molecule has 0 spiro atoms. The van der Waals surface area contributed by atoms with Crippen molar-refractivity contribution in [2.45, 2.75) is 65.3 Å². The Kier molecular flexibility index (Phi) is 6.87. The molecule has 1 aliphatic heterocycles. The monoisotopic (exact) mass is 502 g/mol. The molecule has 35 heavy (non-hydrogen) atoms. The second-order valence-corrected chi connectivity index (χ2v) is 13.2. The van der Waals surface area contributed by atoms with Crippen LogP contribution in [0.1, 0.15) is 64.0 Å². The molecule has 1 amide bonds. The zero-order chi connectivity index (χ0) is 25.6. The number of amidine groups is 1. The third kappa shape index (κ3) is 4.89. The van der Waals surface area contributed by atoms with E-state index in [9.17, 15) is 18.0 Å². The average molecular weight is 503 g/mol. The van der Waals surface area contributed by atoms with Crippen molar-refractivity contribution in [3.63, 3.8) is 0 Å². The van der Waals surface area contributed by atoms with E-state index in [1.54, 1.807) is 23.1 Å². The summed E-state index contributed by atoms with van der Waals surface area (Å²) in [6.45, 7) is 7.38. The quantitative estimate of drug-likeness (QED) is 0.371. The van der Waals surface area contributed by atoms with Crippen LogP contribution in [0.2, 0.25) is 0 Å². The minimum absolute atomic E-state index is 0.0335. The maximum absolute atomic E-state index is 13.6. The van der Waals surface area contributed by atoms with Gasteiger partial charge in [0.05, 0.1) is 5.75 Å². The standard InChI is InChI=1S/C26H38N4O4S/c1-17-8-11-30(12-9-17)24(32)21(14-18-5-4-6-19(13-18)23(27)28)29-35(33,34)16-26-10-7-20(15-22(26)31)25(26,2)3/h4-6,13,17,20-21,29H,7-12,14-16H2,1-3H3,(H3,27,28)/t20-,21+,26-/m1/s1. The SMILES string of the molecule is CC1CCN(C(=O)[C@H](Cc2cccc(C(=N)N)c2)NS(=O)(=O)C[C@]23CC[C@H](CC2=O)C3(C)C)CC1. The maximum Gasteiger partial charge on any atom is 0.241 e. The van der Waals surface area contributed by atoms with Gasteiger partial charge in [-0.3, -0.25) is 15.0 Å². The Balaban J connectivity index is 1.59. The highest BCUT2D eigenvalue weighted by atomic mass is 32.2. The Morgan fingerprint density at radius 2 is 1.94 bits per heavy atom. The molecule has 4 N–H and O–H groups in total. The lowest BCUT2D eigenvalue weighted by atomic mass is 9.70. The lowest BCUT2D eigenvalue weighted by Crippen LogP contribution is -2.54. The van der Waals surface area contributed by atoms with Crippen LogP contribution in [0.5, 0.6) is 0 Å². The summed E-state index contributed by atoms with van der Waals surface area (Å²) >= 11 is 0. The summed E-state index contributed by atoms with van der Waals surface area (Å²) in [5.74, 6) is 0.172. The van der Waals surface area contributed by atoms with Crippen molar-refractivity contribution in [2.24, 2.45) is 28.4 Å².